The van der Waals surface area contributed by atoms with Gasteiger partial charge in [0.2, 0.25) is 5.88 Å². The Bertz CT molecular complexity index is 1230. The van der Waals surface area contributed by atoms with E-state index in [2.05, 4.69) is 20.0 Å². The molecule has 1 aromatic carbocycles. The molecular weight excluding hydrogens is 404 g/mol. The van der Waals surface area contributed by atoms with Crippen LogP contribution in [0.3, 0.4) is 0 Å². The number of anilines is 1. The first kappa shape index (κ1) is 21.3. The summed E-state index contributed by atoms with van der Waals surface area (Å²) >= 11 is 0. The second-order valence-electron chi connectivity index (χ2n) is 6.40. The number of ether oxygens (including phenoxy) is 2. The number of carbonyl (C=O) groups excluding carboxylic acids is 2. The van der Waals surface area contributed by atoms with Gasteiger partial charge in [-0.15, -0.1) is 0 Å². The molecule has 10 nitrogen and oxygen atoms in total. The number of hydrogen-bond acceptors (Lipinski definition) is 8. The lowest BCUT2D eigenvalue weighted by Crippen LogP contribution is -2.20. The molecule has 0 atom stereocenters. The first-order chi connectivity index (χ1) is 14.9. The minimum Gasteiger partial charge on any atom is -0.497 e. The van der Waals surface area contributed by atoms with Crippen LogP contribution in [0.2, 0.25) is 0 Å². The third-order valence-electron chi connectivity index (χ3n) is 4.37. The Balaban J connectivity index is 1.87. The zero-order valence-electron chi connectivity index (χ0n) is 16.9. The van der Waals surface area contributed by atoms with Crippen LogP contribution in [0, 0.1) is 18.3 Å². The third kappa shape index (κ3) is 4.62. The van der Waals surface area contributed by atoms with Gasteiger partial charge in [-0.1, -0.05) is 12.1 Å². The Morgan fingerprint density at radius 1 is 1.26 bits per heavy atom. The predicted octanol–water partition coefficient (Wildman–Crippen LogP) is 2.18. The molecule has 0 aliphatic heterocycles. The van der Waals surface area contributed by atoms with Crippen LogP contribution >= 0.6 is 0 Å². The number of aromatic amines is 1. The molecule has 1 amide bonds. The van der Waals surface area contributed by atoms with E-state index in [-0.39, 0.29) is 40.7 Å². The molecule has 0 saturated heterocycles. The maximum atomic E-state index is 12.7. The van der Waals surface area contributed by atoms with E-state index in [9.17, 15) is 19.6 Å². The van der Waals surface area contributed by atoms with Crippen LogP contribution in [0.4, 0.5) is 5.88 Å². The van der Waals surface area contributed by atoms with Gasteiger partial charge >= 0.3 is 5.97 Å². The smallest absolute Gasteiger partial charge is 0.342 e. The molecule has 158 valence electrons. The number of H-pyrrole nitrogens is 1. The quantitative estimate of drug-likeness (QED) is 0.575. The van der Waals surface area contributed by atoms with Gasteiger partial charge in [0.05, 0.1) is 14.2 Å². The molecule has 2 N–H and O–H groups in total. The second-order valence-corrected chi connectivity index (χ2v) is 6.40. The first-order valence-electron chi connectivity index (χ1n) is 9.02. The number of benzene rings is 1. The van der Waals surface area contributed by atoms with Gasteiger partial charge in [-0.3, -0.25) is 14.9 Å². The van der Waals surface area contributed by atoms with E-state index in [1.807, 2.05) is 18.2 Å². The van der Waals surface area contributed by atoms with Gasteiger partial charge < -0.3 is 18.9 Å². The molecule has 2 heterocycles. The van der Waals surface area contributed by atoms with E-state index in [0.29, 0.717) is 5.75 Å². The van der Waals surface area contributed by atoms with Crippen molar-refractivity contribution >= 4 is 17.8 Å². The number of rotatable bonds is 6. The fourth-order valence-corrected chi connectivity index (χ4v) is 2.90. The molecule has 31 heavy (non-hydrogen) atoms. The minimum atomic E-state index is -0.774. The van der Waals surface area contributed by atoms with Crippen molar-refractivity contribution in [1.29, 1.82) is 5.26 Å². The van der Waals surface area contributed by atoms with E-state index in [4.69, 9.17) is 9.15 Å². The first-order valence-corrected chi connectivity index (χ1v) is 9.02. The molecule has 0 bridgehead atoms. The number of nitrogens with zero attached hydrogens (tertiary/aromatic N) is 2. The van der Waals surface area contributed by atoms with Crippen LogP contribution in [0.15, 0.2) is 39.5 Å². The van der Waals surface area contributed by atoms with Gasteiger partial charge in [-0.25, -0.2) is 9.78 Å². The van der Waals surface area contributed by atoms with Gasteiger partial charge in [0.25, 0.3) is 11.5 Å². The zero-order chi connectivity index (χ0) is 22.5. The molecule has 3 rings (SSSR count). The molecule has 0 unspecified atom stereocenters. The maximum absolute atomic E-state index is 12.7. The molecular formula is C21H18N4O6. The number of furan rings is 1. The normalized spacial score (nSPS) is 10.3. The SMILES string of the molecule is COC(=O)c1c(C)oc(NC(=O)c2cc(=O)[nH]c(Cc3ccc(OC)cc3)n2)c1C#N. The highest BCUT2D eigenvalue weighted by molar-refractivity contribution is 6.04. The van der Waals surface area contributed by atoms with Crippen molar-refractivity contribution in [1.82, 2.24) is 9.97 Å². The Labute approximate surface area is 176 Å². The lowest BCUT2D eigenvalue weighted by atomic mass is 10.1. The van der Waals surface area contributed by atoms with Crippen LogP contribution in [0.5, 0.6) is 5.75 Å². The summed E-state index contributed by atoms with van der Waals surface area (Å²) in [6.07, 6.45) is 0.274. The summed E-state index contributed by atoms with van der Waals surface area (Å²) in [4.78, 5) is 43.3. The van der Waals surface area contributed by atoms with Crippen LogP contribution in [-0.4, -0.2) is 36.1 Å². The van der Waals surface area contributed by atoms with Gasteiger partial charge in [0.15, 0.2) is 0 Å². The Hall–Kier alpha value is -4.39. The van der Waals surface area contributed by atoms with E-state index >= 15 is 0 Å². The number of nitriles is 1. The van der Waals surface area contributed by atoms with Crippen molar-refractivity contribution in [3.8, 4) is 11.8 Å². The van der Waals surface area contributed by atoms with Crippen LogP contribution in [0.1, 0.15) is 43.6 Å². The van der Waals surface area contributed by atoms with Crippen LogP contribution in [-0.2, 0) is 11.2 Å². The number of aryl methyl sites for hydroxylation is 1. The van der Waals surface area contributed by atoms with Crippen molar-refractivity contribution in [2.45, 2.75) is 13.3 Å². The molecule has 0 fully saturated rings. The molecule has 0 radical (unpaired) electrons. The number of hydrogen-bond donors (Lipinski definition) is 2. The number of esters is 1. The van der Waals surface area contributed by atoms with Gasteiger partial charge in [-0.05, 0) is 24.6 Å². The Morgan fingerprint density at radius 2 is 1.97 bits per heavy atom. The van der Waals surface area contributed by atoms with Gasteiger partial charge in [-0.2, -0.15) is 5.26 Å². The highest BCUT2D eigenvalue weighted by atomic mass is 16.5. The number of aromatic nitrogens is 2. The van der Waals surface area contributed by atoms with Crippen LogP contribution < -0.4 is 15.6 Å². The average molecular weight is 422 g/mol. The van der Waals surface area contributed by atoms with Crippen molar-refractivity contribution in [2.75, 3.05) is 19.5 Å². The maximum Gasteiger partial charge on any atom is 0.342 e. The fraction of sp³-hybridized carbons (Fsp3) is 0.190. The average Bonchev–Trinajstić information content (AvgIpc) is 3.07. The summed E-state index contributed by atoms with van der Waals surface area (Å²) in [6, 6.07) is 10.00. The number of amides is 1. The molecule has 2 aromatic heterocycles. The molecule has 0 aliphatic rings. The van der Waals surface area contributed by atoms with Crippen molar-refractivity contribution < 1.29 is 23.5 Å². The molecule has 10 heteroatoms. The highest BCUT2D eigenvalue weighted by Crippen LogP contribution is 2.27. The highest BCUT2D eigenvalue weighted by Gasteiger charge is 2.26. The van der Waals surface area contributed by atoms with E-state index < -0.39 is 17.4 Å². The minimum absolute atomic E-state index is 0.0839. The fourth-order valence-electron chi connectivity index (χ4n) is 2.90. The molecule has 3 aromatic rings. The van der Waals surface area contributed by atoms with E-state index in [1.165, 1.54) is 14.0 Å². The Kier molecular flexibility index (Phi) is 6.16. The van der Waals surface area contributed by atoms with Crippen molar-refractivity contribution in [3.05, 3.63) is 74.7 Å². The lowest BCUT2D eigenvalue weighted by Gasteiger charge is -2.06. The Morgan fingerprint density at radius 3 is 2.58 bits per heavy atom. The van der Waals surface area contributed by atoms with Crippen LogP contribution in [0.25, 0.3) is 0 Å². The van der Waals surface area contributed by atoms with Crippen molar-refractivity contribution in [2.24, 2.45) is 0 Å². The zero-order valence-corrected chi connectivity index (χ0v) is 16.9. The largest absolute Gasteiger partial charge is 0.497 e. The molecule has 0 spiro atoms. The summed E-state index contributed by atoms with van der Waals surface area (Å²) < 4.78 is 15.1. The third-order valence-corrected chi connectivity index (χ3v) is 4.37. The predicted molar refractivity (Wildman–Crippen MR) is 108 cm³/mol. The summed E-state index contributed by atoms with van der Waals surface area (Å²) in [6.45, 7) is 1.46. The standard InChI is InChI=1S/C21H18N4O6/c1-11-18(21(28)30-3)14(10-22)20(31-11)25-19(27)15-9-17(26)24-16(23-15)8-12-4-6-13(29-2)7-5-12/h4-7,9H,8H2,1-3H3,(H,25,27)(H,23,24,26). The summed E-state index contributed by atoms with van der Waals surface area (Å²) in [7, 11) is 2.72. The molecule has 0 saturated carbocycles. The van der Waals surface area contributed by atoms with Gasteiger partial charge in [0, 0.05) is 12.5 Å². The van der Waals surface area contributed by atoms with Crippen molar-refractivity contribution in [3.63, 3.8) is 0 Å². The molecule has 0 aliphatic carbocycles. The van der Waals surface area contributed by atoms with E-state index in [0.717, 1.165) is 11.6 Å². The van der Waals surface area contributed by atoms with Gasteiger partial charge in [0.1, 0.15) is 40.2 Å². The topological polar surface area (TPSA) is 147 Å². The lowest BCUT2D eigenvalue weighted by molar-refractivity contribution is 0.0598. The number of methoxy groups -OCH3 is 2. The second kappa shape index (κ2) is 8.96. The summed E-state index contributed by atoms with van der Waals surface area (Å²) in [5.74, 6) is -0.707. The number of carbonyl (C=O) groups is 2. The summed E-state index contributed by atoms with van der Waals surface area (Å²) in [5, 5.41) is 11.8. The monoisotopic (exact) mass is 422 g/mol. The number of nitrogens with one attached hydrogen (secondary N) is 2. The van der Waals surface area contributed by atoms with E-state index in [1.54, 1.807) is 19.2 Å². The summed E-state index contributed by atoms with van der Waals surface area (Å²) in [5.41, 5.74) is -0.113.